The van der Waals surface area contributed by atoms with Crippen molar-refractivity contribution in [2.45, 2.75) is 32.7 Å². The summed E-state index contributed by atoms with van der Waals surface area (Å²) in [6.07, 6.45) is 2.32. The Bertz CT molecular complexity index is 1210. The summed E-state index contributed by atoms with van der Waals surface area (Å²) in [6.45, 7) is 11.2. The monoisotopic (exact) mass is 424 g/mol. The van der Waals surface area contributed by atoms with Crippen LogP contribution in [0.15, 0.2) is 79.0 Å². The molecule has 5 rings (SSSR count). The molecule has 1 saturated heterocycles. The molecule has 2 heterocycles. The van der Waals surface area contributed by atoms with Gasteiger partial charge in [0.1, 0.15) is 0 Å². The third-order valence-electron chi connectivity index (χ3n) is 6.49. The van der Waals surface area contributed by atoms with Crippen LogP contribution in [0.3, 0.4) is 0 Å². The Kier molecular flexibility index (Phi) is 5.52. The van der Waals surface area contributed by atoms with Crippen molar-refractivity contribution >= 4 is 16.6 Å². The lowest BCUT2D eigenvalue weighted by atomic mass is 9.86. The van der Waals surface area contributed by atoms with E-state index in [1.54, 1.807) is 0 Å². The van der Waals surface area contributed by atoms with Crippen LogP contribution in [0, 0.1) is 0 Å². The number of benzene rings is 3. The quantitative estimate of drug-likeness (QED) is 0.372. The summed E-state index contributed by atoms with van der Waals surface area (Å²) in [5, 5.41) is 1.31. The first-order valence-corrected chi connectivity index (χ1v) is 11.6. The molecule has 0 aliphatic carbocycles. The molecular formula is C29H32N2O. The van der Waals surface area contributed by atoms with Crippen molar-refractivity contribution in [3.8, 4) is 11.1 Å². The van der Waals surface area contributed by atoms with E-state index in [9.17, 15) is 0 Å². The Hall–Kier alpha value is -3.04. The van der Waals surface area contributed by atoms with E-state index in [0.717, 1.165) is 32.8 Å². The fourth-order valence-corrected chi connectivity index (χ4v) is 4.63. The predicted molar refractivity (Wildman–Crippen MR) is 135 cm³/mol. The SMILES string of the molecule is CC(C)(C)c1ccc(-c2cn(Cc3cccc(N4CCOCC4)c3)c3ccccc23)cc1. The molecule has 32 heavy (non-hydrogen) atoms. The highest BCUT2D eigenvalue weighted by Crippen LogP contribution is 2.33. The average molecular weight is 425 g/mol. The van der Waals surface area contributed by atoms with Crippen molar-refractivity contribution in [3.05, 3.63) is 90.1 Å². The van der Waals surface area contributed by atoms with Gasteiger partial charge in [0, 0.05) is 48.0 Å². The summed E-state index contributed by atoms with van der Waals surface area (Å²) in [4.78, 5) is 2.42. The Balaban J connectivity index is 1.48. The molecule has 1 aromatic heterocycles. The highest BCUT2D eigenvalue weighted by molar-refractivity contribution is 5.96. The first-order chi connectivity index (χ1) is 15.5. The van der Waals surface area contributed by atoms with Crippen LogP contribution in [0.5, 0.6) is 0 Å². The van der Waals surface area contributed by atoms with E-state index in [1.165, 1.54) is 38.8 Å². The molecule has 0 spiro atoms. The number of ether oxygens (including phenoxy) is 1. The second kappa shape index (κ2) is 8.48. The maximum atomic E-state index is 5.52. The van der Waals surface area contributed by atoms with Gasteiger partial charge < -0.3 is 14.2 Å². The number of fused-ring (bicyclic) bond motifs is 1. The number of hydrogen-bond acceptors (Lipinski definition) is 2. The number of anilines is 1. The molecule has 0 bridgehead atoms. The number of para-hydroxylation sites is 1. The Labute approximate surface area is 191 Å². The molecule has 0 amide bonds. The maximum absolute atomic E-state index is 5.52. The highest BCUT2D eigenvalue weighted by atomic mass is 16.5. The van der Waals surface area contributed by atoms with Crippen LogP contribution in [0.2, 0.25) is 0 Å². The standard InChI is InChI=1S/C29H32N2O/c1-29(2,3)24-13-11-23(12-14-24)27-21-31(28-10-5-4-9-26(27)28)20-22-7-6-8-25(19-22)30-15-17-32-18-16-30/h4-14,19,21H,15-18,20H2,1-3H3. The molecule has 0 radical (unpaired) electrons. The van der Waals surface area contributed by atoms with E-state index in [2.05, 4.69) is 109 Å². The number of aromatic nitrogens is 1. The van der Waals surface area contributed by atoms with Crippen LogP contribution < -0.4 is 4.90 Å². The van der Waals surface area contributed by atoms with Gasteiger partial charge in [-0.1, -0.05) is 75.4 Å². The van der Waals surface area contributed by atoms with Crippen molar-refractivity contribution in [3.63, 3.8) is 0 Å². The molecule has 4 aromatic rings. The summed E-state index contributed by atoms with van der Waals surface area (Å²) in [6, 6.07) is 26.8. The average Bonchev–Trinajstić information content (AvgIpc) is 3.18. The first-order valence-electron chi connectivity index (χ1n) is 11.6. The van der Waals surface area contributed by atoms with Crippen LogP contribution in [0.25, 0.3) is 22.0 Å². The second-order valence-electron chi connectivity index (χ2n) is 9.78. The third-order valence-corrected chi connectivity index (χ3v) is 6.49. The highest BCUT2D eigenvalue weighted by Gasteiger charge is 2.16. The lowest BCUT2D eigenvalue weighted by molar-refractivity contribution is 0.122. The molecule has 1 aliphatic rings. The Morgan fingerprint density at radius 1 is 0.844 bits per heavy atom. The lowest BCUT2D eigenvalue weighted by Gasteiger charge is -2.29. The molecule has 0 atom stereocenters. The van der Waals surface area contributed by atoms with Gasteiger partial charge in [-0.3, -0.25) is 0 Å². The minimum Gasteiger partial charge on any atom is -0.378 e. The minimum absolute atomic E-state index is 0.165. The zero-order valence-corrected chi connectivity index (χ0v) is 19.3. The smallest absolute Gasteiger partial charge is 0.0642 e. The van der Waals surface area contributed by atoms with Gasteiger partial charge in [0.05, 0.1) is 13.2 Å². The van der Waals surface area contributed by atoms with E-state index in [-0.39, 0.29) is 5.41 Å². The normalized spacial score (nSPS) is 14.8. The van der Waals surface area contributed by atoms with Gasteiger partial charge in [0.2, 0.25) is 0 Å². The predicted octanol–water partition coefficient (Wildman–Crippen LogP) is 6.49. The molecule has 1 fully saturated rings. The van der Waals surface area contributed by atoms with E-state index in [1.807, 2.05) is 0 Å². The van der Waals surface area contributed by atoms with Gasteiger partial charge in [-0.25, -0.2) is 0 Å². The van der Waals surface area contributed by atoms with Gasteiger partial charge >= 0.3 is 0 Å². The van der Waals surface area contributed by atoms with E-state index >= 15 is 0 Å². The van der Waals surface area contributed by atoms with Gasteiger partial charge in [-0.15, -0.1) is 0 Å². The fraction of sp³-hybridized carbons (Fsp3) is 0.310. The molecule has 3 aromatic carbocycles. The van der Waals surface area contributed by atoms with Crippen molar-refractivity contribution in [2.75, 3.05) is 31.2 Å². The number of morpholine rings is 1. The van der Waals surface area contributed by atoms with E-state index in [4.69, 9.17) is 4.74 Å². The van der Waals surface area contributed by atoms with Gasteiger partial charge in [-0.2, -0.15) is 0 Å². The Morgan fingerprint density at radius 3 is 2.34 bits per heavy atom. The molecule has 164 valence electrons. The Morgan fingerprint density at radius 2 is 1.59 bits per heavy atom. The largest absolute Gasteiger partial charge is 0.378 e. The summed E-state index contributed by atoms with van der Waals surface area (Å²) in [5.74, 6) is 0. The van der Waals surface area contributed by atoms with Crippen LogP contribution >= 0.6 is 0 Å². The lowest BCUT2D eigenvalue weighted by Crippen LogP contribution is -2.36. The van der Waals surface area contributed by atoms with Crippen molar-refractivity contribution in [1.29, 1.82) is 0 Å². The molecule has 3 heteroatoms. The van der Waals surface area contributed by atoms with Gasteiger partial charge in [0.15, 0.2) is 0 Å². The number of hydrogen-bond donors (Lipinski definition) is 0. The fourth-order valence-electron chi connectivity index (χ4n) is 4.63. The molecule has 0 saturated carbocycles. The van der Waals surface area contributed by atoms with Crippen LogP contribution in [-0.2, 0) is 16.7 Å². The zero-order valence-electron chi connectivity index (χ0n) is 19.3. The van der Waals surface area contributed by atoms with Crippen molar-refractivity contribution < 1.29 is 4.74 Å². The van der Waals surface area contributed by atoms with E-state index < -0.39 is 0 Å². The summed E-state index contributed by atoms with van der Waals surface area (Å²) >= 11 is 0. The number of rotatable bonds is 4. The minimum atomic E-state index is 0.165. The van der Waals surface area contributed by atoms with E-state index in [0.29, 0.717) is 0 Å². The summed E-state index contributed by atoms with van der Waals surface area (Å²) < 4.78 is 7.91. The molecular weight excluding hydrogens is 392 g/mol. The summed E-state index contributed by atoms with van der Waals surface area (Å²) in [5.41, 5.74) is 7.99. The first kappa shape index (κ1) is 20.8. The second-order valence-corrected chi connectivity index (χ2v) is 9.78. The van der Waals surface area contributed by atoms with Gasteiger partial charge in [0.25, 0.3) is 0 Å². The maximum Gasteiger partial charge on any atom is 0.0642 e. The summed E-state index contributed by atoms with van der Waals surface area (Å²) in [7, 11) is 0. The number of nitrogens with zero attached hydrogens (tertiary/aromatic N) is 2. The zero-order chi connectivity index (χ0) is 22.1. The molecule has 1 aliphatic heterocycles. The van der Waals surface area contributed by atoms with Gasteiger partial charge in [-0.05, 0) is 40.3 Å². The van der Waals surface area contributed by atoms with Crippen LogP contribution in [0.1, 0.15) is 31.9 Å². The molecule has 0 N–H and O–H groups in total. The van der Waals surface area contributed by atoms with Crippen molar-refractivity contribution in [2.24, 2.45) is 0 Å². The van der Waals surface area contributed by atoms with Crippen molar-refractivity contribution in [1.82, 2.24) is 4.57 Å². The van der Waals surface area contributed by atoms with Crippen LogP contribution in [0.4, 0.5) is 5.69 Å². The van der Waals surface area contributed by atoms with Crippen LogP contribution in [-0.4, -0.2) is 30.9 Å². The molecule has 0 unspecified atom stereocenters. The third kappa shape index (κ3) is 4.18. The topological polar surface area (TPSA) is 17.4 Å². The molecule has 3 nitrogen and oxygen atoms in total.